The monoisotopic (exact) mass is 208 g/mol. The Labute approximate surface area is 90.1 Å². The van der Waals surface area contributed by atoms with E-state index in [9.17, 15) is 0 Å². The highest BCUT2D eigenvalue weighted by atomic mass is 16.5. The first-order valence-electron chi connectivity index (χ1n) is 4.93. The second-order valence-electron chi connectivity index (χ2n) is 3.10. The molecule has 3 nitrogen and oxygen atoms in total. The quantitative estimate of drug-likeness (QED) is 0.714. The van der Waals surface area contributed by atoms with Crippen LogP contribution in [-0.2, 0) is 9.59 Å². The molecule has 0 fully saturated rings. The molecule has 0 unspecified atom stereocenters. The topological polar surface area (TPSA) is 43.4 Å². The summed E-state index contributed by atoms with van der Waals surface area (Å²) in [4.78, 5) is 16.2. The molecule has 0 radical (unpaired) electrons. The molecule has 0 aromatic heterocycles. The van der Waals surface area contributed by atoms with Crippen molar-refractivity contribution in [3.63, 3.8) is 0 Å². The molecular formula is C12H16O3. The van der Waals surface area contributed by atoms with Gasteiger partial charge in [-0.1, -0.05) is 31.0 Å². The summed E-state index contributed by atoms with van der Waals surface area (Å²) in [6, 6.07) is 8.18. The molecule has 0 spiro atoms. The van der Waals surface area contributed by atoms with Crippen LogP contribution in [0, 0.1) is 6.92 Å². The minimum absolute atomic E-state index is 0.250. The van der Waals surface area contributed by atoms with Crippen LogP contribution in [0.1, 0.15) is 25.3 Å². The van der Waals surface area contributed by atoms with Crippen molar-refractivity contribution >= 4 is 6.15 Å². The highest BCUT2D eigenvalue weighted by Gasteiger charge is 1.90. The van der Waals surface area contributed by atoms with Gasteiger partial charge < -0.3 is 4.74 Å². The van der Waals surface area contributed by atoms with Gasteiger partial charge in [0.1, 0.15) is 5.75 Å². The Hall–Kier alpha value is -1.60. The normalized spacial score (nSPS) is 8.40. The van der Waals surface area contributed by atoms with Crippen molar-refractivity contribution in [2.75, 3.05) is 6.61 Å². The molecule has 1 rings (SSSR count). The summed E-state index contributed by atoms with van der Waals surface area (Å²) in [5, 5.41) is 0. The maximum Gasteiger partial charge on any atom is 0.373 e. The minimum atomic E-state index is 0.250. The Balaban J connectivity index is 0.000000583. The van der Waals surface area contributed by atoms with Crippen molar-refractivity contribution in [3.05, 3.63) is 29.8 Å². The van der Waals surface area contributed by atoms with E-state index in [0.29, 0.717) is 0 Å². The third kappa shape index (κ3) is 7.47. The van der Waals surface area contributed by atoms with Gasteiger partial charge in [0.25, 0.3) is 0 Å². The van der Waals surface area contributed by atoms with Crippen LogP contribution in [0.4, 0.5) is 0 Å². The van der Waals surface area contributed by atoms with Crippen molar-refractivity contribution in [1.82, 2.24) is 0 Å². The number of benzene rings is 1. The van der Waals surface area contributed by atoms with Gasteiger partial charge in [-0.25, -0.2) is 0 Å². The van der Waals surface area contributed by atoms with Gasteiger partial charge in [-0.05, 0) is 25.5 Å². The molecule has 0 bridgehead atoms. The number of aryl methyl sites for hydroxylation is 1. The molecule has 1 aromatic rings. The molecule has 15 heavy (non-hydrogen) atoms. The number of unbranched alkanes of at least 4 members (excludes halogenated alkanes) is 1. The molecule has 0 aliphatic rings. The van der Waals surface area contributed by atoms with Gasteiger partial charge in [0, 0.05) is 0 Å². The Morgan fingerprint density at radius 1 is 1.20 bits per heavy atom. The van der Waals surface area contributed by atoms with Gasteiger partial charge in [0.2, 0.25) is 0 Å². The number of hydrogen-bond acceptors (Lipinski definition) is 3. The van der Waals surface area contributed by atoms with E-state index in [1.54, 1.807) is 0 Å². The third-order valence-electron chi connectivity index (χ3n) is 1.79. The zero-order valence-corrected chi connectivity index (χ0v) is 9.16. The predicted octanol–water partition coefficient (Wildman–Crippen LogP) is 2.59. The van der Waals surface area contributed by atoms with Crippen molar-refractivity contribution in [3.8, 4) is 5.75 Å². The molecule has 0 saturated heterocycles. The second-order valence-corrected chi connectivity index (χ2v) is 3.10. The predicted molar refractivity (Wildman–Crippen MR) is 56.6 cm³/mol. The van der Waals surface area contributed by atoms with Crippen LogP contribution in [0.2, 0.25) is 0 Å². The number of ether oxygens (including phenoxy) is 1. The lowest BCUT2D eigenvalue weighted by atomic mass is 10.2. The Bertz CT molecular complexity index is 284. The summed E-state index contributed by atoms with van der Waals surface area (Å²) in [7, 11) is 0. The molecule has 0 saturated carbocycles. The molecule has 0 amide bonds. The lowest BCUT2D eigenvalue weighted by Crippen LogP contribution is -1.95. The first-order valence-corrected chi connectivity index (χ1v) is 4.93. The van der Waals surface area contributed by atoms with Crippen LogP contribution < -0.4 is 4.74 Å². The van der Waals surface area contributed by atoms with Gasteiger partial charge >= 0.3 is 6.15 Å². The van der Waals surface area contributed by atoms with E-state index in [4.69, 9.17) is 14.3 Å². The summed E-state index contributed by atoms with van der Waals surface area (Å²) in [6.07, 6.45) is 2.57. The largest absolute Gasteiger partial charge is 0.494 e. The van der Waals surface area contributed by atoms with Crippen LogP contribution in [0.25, 0.3) is 0 Å². The van der Waals surface area contributed by atoms with E-state index in [1.807, 2.05) is 12.1 Å². The lowest BCUT2D eigenvalue weighted by Gasteiger charge is -2.04. The zero-order chi connectivity index (χ0) is 11.5. The van der Waals surface area contributed by atoms with E-state index in [0.717, 1.165) is 18.8 Å². The lowest BCUT2D eigenvalue weighted by molar-refractivity contribution is -0.191. The SMILES string of the molecule is CCCCOc1ccc(C)cc1.O=C=O. The molecular weight excluding hydrogens is 192 g/mol. The van der Waals surface area contributed by atoms with Crippen LogP contribution in [0.5, 0.6) is 5.75 Å². The average Bonchev–Trinajstić information content (AvgIpc) is 2.23. The van der Waals surface area contributed by atoms with Crippen molar-refractivity contribution < 1.29 is 14.3 Å². The Morgan fingerprint density at radius 3 is 2.20 bits per heavy atom. The fraction of sp³-hybridized carbons (Fsp3) is 0.417. The highest BCUT2D eigenvalue weighted by Crippen LogP contribution is 2.11. The van der Waals surface area contributed by atoms with E-state index < -0.39 is 0 Å². The van der Waals surface area contributed by atoms with Gasteiger partial charge in [-0.3, -0.25) is 0 Å². The molecule has 3 heteroatoms. The minimum Gasteiger partial charge on any atom is -0.494 e. The van der Waals surface area contributed by atoms with Gasteiger partial charge in [-0.2, -0.15) is 9.59 Å². The summed E-state index contributed by atoms with van der Waals surface area (Å²) in [5.74, 6) is 0.981. The van der Waals surface area contributed by atoms with Crippen molar-refractivity contribution in [1.29, 1.82) is 0 Å². The standard InChI is InChI=1S/C11H16O.CO2/c1-3-4-9-12-11-7-5-10(2)6-8-11;2-1-3/h5-8H,3-4,9H2,1-2H3;. The number of hydrogen-bond donors (Lipinski definition) is 0. The van der Waals surface area contributed by atoms with Crippen LogP contribution in [-0.4, -0.2) is 12.8 Å². The van der Waals surface area contributed by atoms with Crippen LogP contribution >= 0.6 is 0 Å². The van der Waals surface area contributed by atoms with E-state index >= 15 is 0 Å². The van der Waals surface area contributed by atoms with E-state index in [-0.39, 0.29) is 6.15 Å². The first kappa shape index (κ1) is 13.4. The van der Waals surface area contributed by atoms with Gasteiger partial charge in [0.15, 0.2) is 0 Å². The summed E-state index contributed by atoms with van der Waals surface area (Å²) >= 11 is 0. The summed E-state index contributed by atoms with van der Waals surface area (Å²) < 4.78 is 5.50. The smallest absolute Gasteiger partial charge is 0.373 e. The number of carbonyl (C=O) groups excluding carboxylic acids is 2. The maximum atomic E-state index is 8.12. The highest BCUT2D eigenvalue weighted by molar-refractivity contribution is 5.26. The zero-order valence-electron chi connectivity index (χ0n) is 9.16. The Kier molecular flexibility index (Phi) is 8.02. The molecule has 82 valence electrons. The van der Waals surface area contributed by atoms with Crippen molar-refractivity contribution in [2.45, 2.75) is 26.7 Å². The van der Waals surface area contributed by atoms with Gasteiger partial charge in [0.05, 0.1) is 6.61 Å². The fourth-order valence-corrected chi connectivity index (χ4v) is 0.969. The molecule has 0 aliphatic carbocycles. The molecule has 1 aromatic carbocycles. The molecule has 0 heterocycles. The Morgan fingerprint density at radius 2 is 1.73 bits per heavy atom. The van der Waals surface area contributed by atoms with E-state index in [1.165, 1.54) is 12.0 Å². The maximum absolute atomic E-state index is 8.12. The van der Waals surface area contributed by atoms with Crippen LogP contribution in [0.15, 0.2) is 24.3 Å². The first-order chi connectivity index (χ1) is 7.24. The van der Waals surface area contributed by atoms with E-state index in [2.05, 4.69) is 26.0 Å². The van der Waals surface area contributed by atoms with Gasteiger partial charge in [-0.15, -0.1) is 0 Å². The molecule has 0 aliphatic heterocycles. The summed E-state index contributed by atoms with van der Waals surface area (Å²) in [5.41, 5.74) is 1.28. The summed E-state index contributed by atoms with van der Waals surface area (Å²) in [6.45, 7) is 5.08. The molecule has 0 atom stereocenters. The van der Waals surface area contributed by atoms with Crippen LogP contribution in [0.3, 0.4) is 0 Å². The average molecular weight is 208 g/mol. The molecule has 0 N–H and O–H groups in total. The second kappa shape index (κ2) is 8.97. The fourth-order valence-electron chi connectivity index (χ4n) is 0.969. The van der Waals surface area contributed by atoms with Crippen molar-refractivity contribution in [2.24, 2.45) is 0 Å². The third-order valence-corrected chi connectivity index (χ3v) is 1.79. The number of rotatable bonds is 4.